The van der Waals surface area contributed by atoms with Crippen molar-refractivity contribution in [2.45, 2.75) is 56.7 Å². The summed E-state index contributed by atoms with van der Waals surface area (Å²) in [6, 6.07) is 21.1. The van der Waals surface area contributed by atoms with Gasteiger partial charge >= 0.3 is 0 Å². The summed E-state index contributed by atoms with van der Waals surface area (Å²) in [5.74, 6) is 1.87. The number of ether oxygens (including phenoxy) is 4. The Bertz CT molecular complexity index is 2450. The summed E-state index contributed by atoms with van der Waals surface area (Å²) in [6.07, 6.45) is 13.9. The molecule has 0 saturated carbocycles. The maximum absolute atomic E-state index is 14.0. The number of carbonyl (C=O) groups is 2. The number of amides is 2. The molecule has 0 N–H and O–H groups in total. The van der Waals surface area contributed by atoms with Gasteiger partial charge in [0.25, 0.3) is 11.8 Å². The molecule has 1 saturated heterocycles. The molecule has 61 heavy (non-hydrogen) atoms. The number of nitrogens with zero attached hydrogens (tertiary/aromatic N) is 5. The Morgan fingerprint density at radius 2 is 1.66 bits per heavy atom. The van der Waals surface area contributed by atoms with Gasteiger partial charge in [0.1, 0.15) is 13.2 Å². The van der Waals surface area contributed by atoms with Gasteiger partial charge < -0.3 is 28.7 Å². The van der Waals surface area contributed by atoms with Gasteiger partial charge in [0.05, 0.1) is 48.8 Å². The maximum Gasteiger partial charge on any atom is 0.261 e. The molecule has 4 aromatic rings. The summed E-state index contributed by atoms with van der Waals surface area (Å²) in [4.78, 5) is 42.9. The number of methoxy groups -OCH3 is 2. The highest BCUT2D eigenvalue weighted by molar-refractivity contribution is 8.77. The molecule has 2 unspecified atom stereocenters. The number of hydrogen-bond acceptors (Lipinski definition) is 11. The van der Waals surface area contributed by atoms with E-state index in [4.69, 9.17) is 23.9 Å². The smallest absolute Gasteiger partial charge is 0.261 e. The largest absolute Gasteiger partial charge is 0.493 e. The first-order valence-electron chi connectivity index (χ1n) is 20.3. The van der Waals surface area contributed by atoms with Gasteiger partial charge in [-0.1, -0.05) is 64.1 Å². The molecule has 11 nitrogen and oxygen atoms in total. The Balaban J connectivity index is 1.05. The number of fused-ring (bicyclic) bond motifs is 5. The average Bonchev–Trinajstić information content (AvgIpc) is 3.84. The Kier molecular flexibility index (Phi) is 12.2. The SMILES string of the molecule is C=Nc1cc(OCc2cc(COc3cc4c(cc3OC)C(=O)N3c5ccccc5C[C@H]3C=N4)cc(N(C)CC(C)(C)SSC)c2)c(OC)cc1C(=O)N1CCC2C=CC=CC21. The van der Waals surface area contributed by atoms with E-state index in [0.29, 0.717) is 64.4 Å². The Labute approximate surface area is 365 Å². The van der Waals surface area contributed by atoms with Gasteiger partial charge in [0, 0.05) is 66.9 Å². The molecule has 8 rings (SSSR count). The number of rotatable bonds is 15. The second-order valence-corrected chi connectivity index (χ2v) is 19.3. The van der Waals surface area contributed by atoms with Crippen molar-refractivity contribution in [2.75, 3.05) is 50.4 Å². The Morgan fingerprint density at radius 3 is 2.38 bits per heavy atom. The van der Waals surface area contributed by atoms with E-state index >= 15 is 0 Å². The number of allylic oxidation sites excluding steroid dienone is 2. The van der Waals surface area contributed by atoms with Crippen molar-refractivity contribution >= 4 is 69.1 Å². The van der Waals surface area contributed by atoms with Crippen LogP contribution in [0.25, 0.3) is 0 Å². The van der Waals surface area contributed by atoms with Crippen molar-refractivity contribution in [3.05, 3.63) is 119 Å². The molecule has 13 heteroatoms. The second-order valence-electron chi connectivity index (χ2n) is 16.2. The molecule has 4 aliphatic rings. The zero-order valence-electron chi connectivity index (χ0n) is 35.4. The van der Waals surface area contributed by atoms with E-state index in [2.05, 4.69) is 80.2 Å². The van der Waals surface area contributed by atoms with Crippen molar-refractivity contribution in [2.24, 2.45) is 15.9 Å². The number of anilines is 2. The maximum atomic E-state index is 14.0. The molecule has 0 radical (unpaired) electrons. The van der Waals surface area contributed by atoms with Crippen LogP contribution in [0.3, 0.4) is 0 Å². The zero-order chi connectivity index (χ0) is 42.8. The van der Waals surface area contributed by atoms with Crippen LogP contribution in [-0.4, -0.2) is 87.1 Å². The Morgan fingerprint density at radius 1 is 0.951 bits per heavy atom. The summed E-state index contributed by atoms with van der Waals surface area (Å²) in [6.45, 7) is 10.1. The molecule has 3 aliphatic heterocycles. The normalized spacial score (nSPS) is 18.5. The third-order valence-corrected chi connectivity index (χ3v) is 14.1. The monoisotopic (exact) mass is 857 g/mol. The fourth-order valence-electron chi connectivity index (χ4n) is 8.75. The number of hydrogen-bond donors (Lipinski definition) is 0. The molecule has 0 aromatic heterocycles. The standard InChI is InChI=1S/C48H51N5O6S2/c1-48(2,61-60-7)29-51(4)34-19-30(27-58-44-24-38(49-3)36(22-42(44)56-5)46(54)52-17-16-32-12-8-10-14-40(32)52)18-31(20-34)28-59-45-25-39-37(23-43(45)57-6)47(55)53-35(26-50-39)21-33-13-9-11-15-41(33)53/h8-15,18-20,22-26,32,35,40H,3,16-17,21,27-29H2,1-2,4-7H3/t32?,35-,40?/m0/s1. The van der Waals surface area contributed by atoms with Gasteiger partial charge in [-0.15, -0.1) is 0 Å². The van der Waals surface area contributed by atoms with Crippen LogP contribution in [0.1, 0.15) is 57.7 Å². The lowest BCUT2D eigenvalue weighted by Gasteiger charge is -2.31. The van der Waals surface area contributed by atoms with Crippen LogP contribution in [0, 0.1) is 5.92 Å². The fraction of sp³-hybridized carbons (Fsp3) is 0.333. The molecule has 1 aliphatic carbocycles. The number of carbonyl (C=O) groups excluding carboxylic acids is 2. The number of aliphatic imine (C=N–C) groups is 2. The van der Waals surface area contributed by atoms with Crippen LogP contribution < -0.4 is 28.7 Å². The number of benzene rings is 4. The van der Waals surface area contributed by atoms with Crippen LogP contribution >= 0.6 is 21.6 Å². The van der Waals surface area contributed by atoms with Crippen molar-refractivity contribution in [3.63, 3.8) is 0 Å². The predicted octanol–water partition coefficient (Wildman–Crippen LogP) is 9.66. The minimum absolute atomic E-state index is 0.0119. The molecule has 3 atom stereocenters. The van der Waals surface area contributed by atoms with Gasteiger partial charge in [0.2, 0.25) is 0 Å². The van der Waals surface area contributed by atoms with Crippen LogP contribution in [0.2, 0.25) is 0 Å². The average molecular weight is 858 g/mol. The summed E-state index contributed by atoms with van der Waals surface area (Å²) in [5.41, 5.74) is 6.68. The van der Waals surface area contributed by atoms with Gasteiger partial charge in [-0.3, -0.25) is 24.5 Å². The first-order valence-corrected chi connectivity index (χ1v) is 22.9. The van der Waals surface area contributed by atoms with Gasteiger partial charge in [-0.25, -0.2) is 0 Å². The molecule has 4 aromatic carbocycles. The quantitative estimate of drug-likeness (QED) is 0.0854. The van der Waals surface area contributed by atoms with Crippen LogP contribution in [-0.2, 0) is 19.6 Å². The molecular formula is C48H51N5O6S2. The van der Waals surface area contributed by atoms with Crippen molar-refractivity contribution in [3.8, 4) is 23.0 Å². The second kappa shape index (κ2) is 17.7. The minimum Gasteiger partial charge on any atom is -0.493 e. The van der Waals surface area contributed by atoms with E-state index in [1.54, 1.807) is 49.3 Å². The first kappa shape index (κ1) is 42.0. The lowest BCUT2D eigenvalue weighted by atomic mass is 9.96. The molecule has 316 valence electrons. The lowest BCUT2D eigenvalue weighted by molar-refractivity contribution is 0.0754. The highest BCUT2D eigenvalue weighted by atomic mass is 33.1. The van der Waals surface area contributed by atoms with E-state index in [9.17, 15) is 9.59 Å². The molecule has 0 spiro atoms. The third kappa shape index (κ3) is 8.63. The molecule has 2 amide bonds. The summed E-state index contributed by atoms with van der Waals surface area (Å²) in [7, 11) is 8.82. The summed E-state index contributed by atoms with van der Waals surface area (Å²) >= 11 is 0. The van der Waals surface area contributed by atoms with Crippen LogP contribution in [0.5, 0.6) is 23.0 Å². The Hall–Kier alpha value is -5.66. The van der Waals surface area contributed by atoms with E-state index in [-0.39, 0.29) is 41.9 Å². The summed E-state index contributed by atoms with van der Waals surface area (Å²) in [5, 5.41) is 0. The highest BCUT2D eigenvalue weighted by Gasteiger charge is 2.38. The van der Waals surface area contributed by atoms with Gasteiger partial charge in [0.15, 0.2) is 23.0 Å². The van der Waals surface area contributed by atoms with Gasteiger partial charge in [-0.05, 0) is 86.3 Å². The number of para-hydroxylation sites is 1. The topological polar surface area (TPSA) is 105 Å². The van der Waals surface area contributed by atoms with Gasteiger partial charge in [-0.2, -0.15) is 0 Å². The molecule has 0 bridgehead atoms. The first-order chi connectivity index (χ1) is 29.5. The van der Waals surface area contributed by atoms with Crippen molar-refractivity contribution < 1.29 is 28.5 Å². The highest BCUT2D eigenvalue weighted by Crippen LogP contribution is 2.42. The third-order valence-electron chi connectivity index (χ3n) is 11.5. The van der Waals surface area contributed by atoms with E-state index in [0.717, 1.165) is 41.0 Å². The van der Waals surface area contributed by atoms with Crippen LogP contribution in [0.15, 0.2) is 101 Å². The number of likely N-dealkylation sites (tertiary alicyclic amines) is 1. The lowest BCUT2D eigenvalue weighted by Crippen LogP contribution is -2.37. The van der Waals surface area contributed by atoms with Crippen LogP contribution in [0.4, 0.5) is 22.7 Å². The molecule has 3 heterocycles. The van der Waals surface area contributed by atoms with Crippen molar-refractivity contribution in [1.29, 1.82) is 0 Å². The fourth-order valence-corrected chi connectivity index (χ4v) is 11.0. The van der Waals surface area contributed by atoms with E-state index in [1.165, 1.54) is 0 Å². The van der Waals surface area contributed by atoms with E-state index < -0.39 is 0 Å². The molecular weight excluding hydrogens is 807 g/mol. The predicted molar refractivity (Wildman–Crippen MR) is 249 cm³/mol. The zero-order valence-corrected chi connectivity index (χ0v) is 37.1. The summed E-state index contributed by atoms with van der Waals surface area (Å²) < 4.78 is 24.5. The minimum atomic E-state index is -0.165. The molecule has 1 fully saturated rings. The van der Waals surface area contributed by atoms with Crippen molar-refractivity contribution in [1.82, 2.24) is 4.90 Å². The van der Waals surface area contributed by atoms with E-state index in [1.807, 2.05) is 57.2 Å².